The maximum absolute atomic E-state index is 6.15. The smallest absolute Gasteiger partial charge is 0.223 e. The average Bonchev–Trinajstić information content (AvgIpc) is 2.90. The Hall–Kier alpha value is -1.50. The normalized spacial score (nSPS) is 19.8. The minimum atomic E-state index is -0.199. The first-order valence-corrected chi connectivity index (χ1v) is 10.5. The van der Waals surface area contributed by atoms with Crippen LogP contribution in [0.1, 0.15) is 59.3 Å². The Bertz CT molecular complexity index is 772. The molecule has 0 atom stereocenters. The number of nitrogens with two attached hydrogens (primary N) is 1. The lowest BCUT2D eigenvalue weighted by Gasteiger charge is -2.46. The molecule has 5 nitrogen and oxygen atoms in total. The zero-order chi connectivity index (χ0) is 19.9. The molecule has 0 bridgehead atoms. The molecule has 6 heteroatoms. The average molecular weight is 388 g/mol. The molecule has 3 heterocycles. The summed E-state index contributed by atoms with van der Waals surface area (Å²) in [5, 5.41) is 7.29. The Morgan fingerprint density at radius 1 is 1.19 bits per heavy atom. The van der Waals surface area contributed by atoms with Crippen LogP contribution in [-0.2, 0) is 6.42 Å². The molecule has 1 aliphatic heterocycles. The number of anilines is 1. The predicted octanol–water partition coefficient (Wildman–Crippen LogP) is 4.21. The third-order valence-corrected chi connectivity index (χ3v) is 5.83. The summed E-state index contributed by atoms with van der Waals surface area (Å²) in [5.74, 6) is 0.708. The number of hydrogen-bond donors (Lipinski definition) is 3. The maximum atomic E-state index is 6.15. The minimum absolute atomic E-state index is 0.0920. The summed E-state index contributed by atoms with van der Waals surface area (Å²) >= 11 is 1.76. The van der Waals surface area contributed by atoms with Crippen molar-refractivity contribution in [1.29, 1.82) is 0 Å². The molecule has 0 aliphatic carbocycles. The van der Waals surface area contributed by atoms with Crippen molar-refractivity contribution in [3.05, 3.63) is 29.3 Å². The first-order chi connectivity index (χ1) is 12.4. The van der Waals surface area contributed by atoms with Crippen LogP contribution < -0.4 is 16.4 Å². The topological polar surface area (TPSA) is 75.9 Å². The van der Waals surface area contributed by atoms with Gasteiger partial charge in [-0.2, -0.15) is 0 Å². The fraction of sp³-hybridized carbons (Fsp3) is 0.619. The van der Waals surface area contributed by atoms with E-state index in [1.165, 1.54) is 4.88 Å². The van der Waals surface area contributed by atoms with Gasteiger partial charge in [-0.15, -0.1) is 11.3 Å². The second-order valence-electron chi connectivity index (χ2n) is 9.84. The standard InChI is InChI=1S/C21H33N5S/c1-19(2,22)13-15-7-8-17(27-15)16-9-10-23-18(25-16)24-14-11-20(3,4)26-21(5,6)12-14/h7-10,14,26H,11-13,22H2,1-6H3,(H,23,24,25). The van der Waals surface area contributed by atoms with Gasteiger partial charge in [-0.25, -0.2) is 9.97 Å². The summed E-state index contributed by atoms with van der Waals surface area (Å²) in [5.41, 5.74) is 7.10. The molecule has 2 aromatic rings. The Morgan fingerprint density at radius 2 is 1.85 bits per heavy atom. The van der Waals surface area contributed by atoms with Crippen LogP contribution in [0.2, 0.25) is 0 Å². The van der Waals surface area contributed by atoms with E-state index in [2.05, 4.69) is 69.3 Å². The van der Waals surface area contributed by atoms with E-state index in [9.17, 15) is 0 Å². The van der Waals surface area contributed by atoms with E-state index in [0.29, 0.717) is 12.0 Å². The molecule has 0 radical (unpaired) electrons. The SMILES string of the molecule is CC(C)(N)Cc1ccc(-c2ccnc(NC3CC(C)(C)NC(C)(C)C3)n2)s1. The molecule has 0 amide bonds. The lowest BCUT2D eigenvalue weighted by Crippen LogP contribution is -2.60. The summed E-state index contributed by atoms with van der Waals surface area (Å²) in [6, 6.07) is 6.62. The lowest BCUT2D eigenvalue weighted by molar-refractivity contribution is 0.170. The summed E-state index contributed by atoms with van der Waals surface area (Å²) < 4.78 is 0. The molecule has 1 aliphatic rings. The predicted molar refractivity (Wildman–Crippen MR) is 115 cm³/mol. The van der Waals surface area contributed by atoms with Crippen molar-refractivity contribution in [2.75, 3.05) is 5.32 Å². The fourth-order valence-electron chi connectivity index (χ4n) is 4.23. The van der Waals surface area contributed by atoms with Crippen molar-refractivity contribution in [3.8, 4) is 10.6 Å². The van der Waals surface area contributed by atoms with Crippen LogP contribution in [0, 0.1) is 0 Å². The van der Waals surface area contributed by atoms with Crippen molar-refractivity contribution in [2.24, 2.45) is 5.73 Å². The lowest BCUT2D eigenvalue weighted by atomic mass is 9.80. The van der Waals surface area contributed by atoms with Gasteiger partial charge in [0.05, 0.1) is 10.6 Å². The number of hydrogen-bond acceptors (Lipinski definition) is 6. The quantitative estimate of drug-likeness (QED) is 0.717. The molecule has 0 unspecified atom stereocenters. The summed E-state index contributed by atoms with van der Waals surface area (Å²) in [7, 11) is 0. The van der Waals surface area contributed by atoms with Crippen molar-refractivity contribution in [3.63, 3.8) is 0 Å². The molecule has 1 fully saturated rings. The van der Waals surface area contributed by atoms with Gasteiger partial charge in [0.15, 0.2) is 0 Å². The first-order valence-electron chi connectivity index (χ1n) is 9.68. The number of piperidine rings is 1. The summed E-state index contributed by atoms with van der Waals surface area (Å²) in [6.45, 7) is 13.1. The van der Waals surface area contributed by atoms with Crippen LogP contribution in [0.15, 0.2) is 24.4 Å². The van der Waals surface area contributed by atoms with E-state index < -0.39 is 0 Å². The van der Waals surface area contributed by atoms with Crippen LogP contribution in [0.25, 0.3) is 10.6 Å². The molecular formula is C21H33N5S. The highest BCUT2D eigenvalue weighted by Gasteiger charge is 2.37. The number of rotatable bonds is 5. The molecule has 0 saturated carbocycles. The Labute approximate surface area is 167 Å². The monoisotopic (exact) mass is 387 g/mol. The highest BCUT2D eigenvalue weighted by Crippen LogP contribution is 2.31. The van der Waals surface area contributed by atoms with Gasteiger partial charge in [0.25, 0.3) is 0 Å². The van der Waals surface area contributed by atoms with Crippen LogP contribution in [0.3, 0.4) is 0 Å². The Balaban J connectivity index is 1.74. The van der Waals surface area contributed by atoms with Gasteiger partial charge < -0.3 is 16.4 Å². The number of thiophene rings is 1. The van der Waals surface area contributed by atoms with Crippen LogP contribution in [0.5, 0.6) is 0 Å². The molecule has 0 aromatic carbocycles. The molecule has 0 spiro atoms. The highest BCUT2D eigenvalue weighted by atomic mass is 32.1. The van der Waals surface area contributed by atoms with Crippen LogP contribution in [-0.4, -0.2) is 32.6 Å². The van der Waals surface area contributed by atoms with Gasteiger partial charge in [-0.1, -0.05) is 0 Å². The summed E-state index contributed by atoms with van der Waals surface area (Å²) in [6.07, 6.45) is 4.79. The van der Waals surface area contributed by atoms with Crippen molar-refractivity contribution in [1.82, 2.24) is 15.3 Å². The summed E-state index contributed by atoms with van der Waals surface area (Å²) in [4.78, 5) is 11.7. The molecule has 27 heavy (non-hydrogen) atoms. The minimum Gasteiger partial charge on any atom is -0.351 e. The van der Waals surface area contributed by atoms with Crippen LogP contribution in [0.4, 0.5) is 5.95 Å². The zero-order valence-electron chi connectivity index (χ0n) is 17.4. The van der Waals surface area contributed by atoms with Gasteiger partial charge in [0, 0.05) is 33.7 Å². The maximum Gasteiger partial charge on any atom is 0.223 e. The molecule has 4 N–H and O–H groups in total. The van der Waals surface area contributed by atoms with Gasteiger partial charge >= 0.3 is 0 Å². The molecule has 1 saturated heterocycles. The number of nitrogens with one attached hydrogen (secondary N) is 2. The second kappa shape index (κ2) is 7.15. The van der Waals surface area contributed by atoms with Crippen molar-refractivity contribution >= 4 is 17.3 Å². The molecular weight excluding hydrogens is 354 g/mol. The van der Waals surface area contributed by atoms with E-state index in [1.54, 1.807) is 11.3 Å². The van der Waals surface area contributed by atoms with Crippen molar-refractivity contribution < 1.29 is 0 Å². The molecule has 2 aromatic heterocycles. The van der Waals surface area contributed by atoms with Gasteiger partial charge in [-0.05, 0) is 79.0 Å². The van der Waals surface area contributed by atoms with E-state index in [-0.39, 0.29) is 16.6 Å². The van der Waals surface area contributed by atoms with E-state index in [0.717, 1.165) is 29.8 Å². The largest absolute Gasteiger partial charge is 0.351 e. The van der Waals surface area contributed by atoms with E-state index in [4.69, 9.17) is 10.7 Å². The first kappa shape index (κ1) is 20.2. The van der Waals surface area contributed by atoms with Gasteiger partial charge in [-0.3, -0.25) is 0 Å². The second-order valence-corrected chi connectivity index (χ2v) is 11.0. The number of aromatic nitrogens is 2. The third-order valence-electron chi connectivity index (χ3n) is 4.72. The van der Waals surface area contributed by atoms with Gasteiger partial charge in [0.2, 0.25) is 5.95 Å². The Kier molecular flexibility index (Phi) is 5.36. The van der Waals surface area contributed by atoms with E-state index >= 15 is 0 Å². The Morgan fingerprint density at radius 3 is 2.48 bits per heavy atom. The third kappa shape index (κ3) is 5.74. The highest BCUT2D eigenvalue weighted by molar-refractivity contribution is 7.15. The molecule has 3 rings (SSSR count). The van der Waals surface area contributed by atoms with Crippen LogP contribution >= 0.6 is 11.3 Å². The number of nitrogens with zero attached hydrogens (tertiary/aromatic N) is 2. The van der Waals surface area contributed by atoms with Crippen molar-refractivity contribution in [2.45, 2.75) is 83.5 Å². The molecule has 148 valence electrons. The zero-order valence-corrected chi connectivity index (χ0v) is 18.2. The fourth-order valence-corrected chi connectivity index (χ4v) is 5.45. The van der Waals surface area contributed by atoms with E-state index in [1.807, 2.05) is 12.3 Å². The van der Waals surface area contributed by atoms with Gasteiger partial charge in [0.1, 0.15) is 0 Å².